The summed E-state index contributed by atoms with van der Waals surface area (Å²) in [6, 6.07) is 23.1. The Hall–Kier alpha value is -3.75. The lowest BCUT2D eigenvalue weighted by molar-refractivity contribution is -0.116. The van der Waals surface area contributed by atoms with Gasteiger partial charge in [-0.2, -0.15) is 0 Å². The molecule has 3 aromatic carbocycles. The van der Waals surface area contributed by atoms with Crippen LogP contribution in [0.4, 0.5) is 5.69 Å². The van der Waals surface area contributed by atoms with Crippen LogP contribution in [0.5, 0.6) is 0 Å². The van der Waals surface area contributed by atoms with Gasteiger partial charge in [-0.25, -0.2) is 13.1 Å². The molecule has 1 amide bonds. The van der Waals surface area contributed by atoms with Crippen molar-refractivity contribution in [2.75, 3.05) is 11.9 Å². The molecule has 0 spiro atoms. The van der Waals surface area contributed by atoms with Crippen LogP contribution in [-0.4, -0.2) is 30.4 Å². The summed E-state index contributed by atoms with van der Waals surface area (Å²) in [6.45, 7) is 3.32. The minimum absolute atomic E-state index is 0.0407. The zero-order chi connectivity index (χ0) is 25.8. The van der Waals surface area contributed by atoms with Crippen molar-refractivity contribution in [3.05, 3.63) is 79.0 Å². The SMILES string of the molecule is CCn1c2ccccc2c2cc(NC(=O)CCCCCNS(=O)(=O)c3cccc4cccnc34)ccc21. The fraction of sp³-hybridized carbons (Fsp3) is 0.241. The summed E-state index contributed by atoms with van der Waals surface area (Å²) in [4.78, 5) is 17.0. The van der Waals surface area contributed by atoms with E-state index < -0.39 is 10.0 Å². The predicted molar refractivity (Wildman–Crippen MR) is 149 cm³/mol. The van der Waals surface area contributed by atoms with Gasteiger partial charge >= 0.3 is 0 Å². The van der Waals surface area contributed by atoms with E-state index in [1.54, 1.807) is 24.4 Å². The van der Waals surface area contributed by atoms with Gasteiger partial charge in [-0.05, 0) is 56.2 Å². The van der Waals surface area contributed by atoms with Crippen LogP contribution in [-0.2, 0) is 21.4 Å². The number of hydrogen-bond acceptors (Lipinski definition) is 4. The van der Waals surface area contributed by atoms with Crippen molar-refractivity contribution in [2.45, 2.75) is 44.0 Å². The Morgan fingerprint density at radius 3 is 2.57 bits per heavy atom. The standard InChI is InChI=1S/C29H30N4O3S/c1-2-33-25-13-6-5-12-23(25)24-20-22(16-17-26(24)33)32-28(34)15-4-3-7-19-31-37(35,36)27-14-8-10-21-11-9-18-30-29(21)27/h5-6,8-14,16-18,20,31H,2-4,7,15,19H2,1H3,(H,32,34). The lowest BCUT2D eigenvalue weighted by Gasteiger charge is -2.09. The molecule has 0 radical (unpaired) electrons. The Morgan fingerprint density at radius 2 is 1.70 bits per heavy atom. The Kier molecular flexibility index (Phi) is 7.21. The van der Waals surface area contributed by atoms with Crippen LogP contribution in [0.15, 0.2) is 83.9 Å². The van der Waals surface area contributed by atoms with Crippen LogP contribution in [0.1, 0.15) is 32.6 Å². The normalized spacial score (nSPS) is 11.9. The molecule has 5 rings (SSSR count). The van der Waals surface area contributed by atoms with E-state index in [9.17, 15) is 13.2 Å². The maximum Gasteiger partial charge on any atom is 0.242 e. The Balaban J connectivity index is 1.12. The van der Waals surface area contributed by atoms with Gasteiger partial charge < -0.3 is 9.88 Å². The second kappa shape index (κ2) is 10.7. The zero-order valence-electron chi connectivity index (χ0n) is 20.8. The summed E-state index contributed by atoms with van der Waals surface area (Å²) in [7, 11) is -3.66. The molecule has 2 aromatic heterocycles. The number of rotatable bonds is 10. The van der Waals surface area contributed by atoms with Gasteiger partial charge in [0.15, 0.2) is 0 Å². The lowest BCUT2D eigenvalue weighted by atomic mass is 10.1. The number of fused-ring (bicyclic) bond motifs is 4. The molecule has 8 heteroatoms. The average Bonchev–Trinajstić information content (AvgIpc) is 3.23. The minimum atomic E-state index is -3.66. The summed E-state index contributed by atoms with van der Waals surface area (Å²) >= 11 is 0. The molecule has 190 valence electrons. The number of benzene rings is 3. The first kappa shape index (κ1) is 24.9. The number of nitrogens with one attached hydrogen (secondary N) is 2. The number of sulfonamides is 1. The van der Waals surface area contributed by atoms with Crippen LogP contribution in [0, 0.1) is 0 Å². The highest BCUT2D eigenvalue weighted by Crippen LogP contribution is 2.31. The molecule has 0 saturated heterocycles. The smallest absolute Gasteiger partial charge is 0.242 e. The number of aryl methyl sites for hydroxylation is 1. The Labute approximate surface area is 216 Å². The molecule has 0 aliphatic heterocycles. The molecular formula is C29H30N4O3S. The van der Waals surface area contributed by atoms with Crippen LogP contribution in [0.2, 0.25) is 0 Å². The molecule has 5 aromatic rings. The van der Waals surface area contributed by atoms with E-state index in [1.165, 1.54) is 10.9 Å². The quantitative estimate of drug-likeness (QED) is 0.229. The number of pyridine rings is 1. The fourth-order valence-electron chi connectivity index (χ4n) is 4.86. The summed E-state index contributed by atoms with van der Waals surface area (Å²) in [5.41, 5.74) is 3.60. The molecule has 2 N–H and O–H groups in total. The molecule has 0 saturated carbocycles. The largest absolute Gasteiger partial charge is 0.341 e. The van der Waals surface area contributed by atoms with E-state index >= 15 is 0 Å². The molecule has 0 bridgehead atoms. The first-order chi connectivity index (χ1) is 18.0. The summed E-state index contributed by atoms with van der Waals surface area (Å²) in [6.07, 6.45) is 4.05. The average molecular weight is 515 g/mol. The highest BCUT2D eigenvalue weighted by molar-refractivity contribution is 7.89. The number of unbranched alkanes of at least 4 members (excludes halogenated alkanes) is 2. The van der Waals surface area contributed by atoms with Crippen LogP contribution in [0.3, 0.4) is 0 Å². The van der Waals surface area contributed by atoms with Crippen molar-refractivity contribution < 1.29 is 13.2 Å². The number of aromatic nitrogens is 2. The van der Waals surface area contributed by atoms with Gasteiger partial charge in [-0.3, -0.25) is 9.78 Å². The van der Waals surface area contributed by atoms with Gasteiger partial charge in [0.2, 0.25) is 15.9 Å². The molecule has 0 aliphatic carbocycles. The molecule has 0 fully saturated rings. The summed E-state index contributed by atoms with van der Waals surface area (Å²) in [5.74, 6) is -0.0407. The summed E-state index contributed by atoms with van der Waals surface area (Å²) in [5, 5.41) is 6.10. The molecule has 2 heterocycles. The van der Waals surface area contributed by atoms with Crippen LogP contribution >= 0.6 is 0 Å². The fourth-order valence-corrected chi connectivity index (χ4v) is 6.11. The van der Waals surface area contributed by atoms with Crippen molar-refractivity contribution in [1.82, 2.24) is 14.3 Å². The highest BCUT2D eigenvalue weighted by Gasteiger charge is 2.17. The third-order valence-corrected chi connectivity index (χ3v) is 8.12. The van der Waals surface area contributed by atoms with E-state index in [-0.39, 0.29) is 10.8 Å². The van der Waals surface area contributed by atoms with Crippen LogP contribution < -0.4 is 10.0 Å². The second-order valence-corrected chi connectivity index (χ2v) is 10.8. The molecule has 37 heavy (non-hydrogen) atoms. The van der Waals surface area contributed by atoms with Gasteiger partial charge in [0.1, 0.15) is 4.90 Å². The second-order valence-electron chi connectivity index (χ2n) is 9.08. The Morgan fingerprint density at radius 1 is 0.892 bits per heavy atom. The van der Waals surface area contributed by atoms with Crippen molar-refractivity contribution in [3.63, 3.8) is 0 Å². The van der Waals surface area contributed by atoms with Crippen molar-refractivity contribution in [3.8, 4) is 0 Å². The van der Waals surface area contributed by atoms with Gasteiger partial charge in [-0.15, -0.1) is 0 Å². The van der Waals surface area contributed by atoms with E-state index in [1.807, 2.05) is 36.4 Å². The monoisotopic (exact) mass is 514 g/mol. The van der Waals surface area contributed by atoms with Gasteiger partial charge in [-0.1, -0.05) is 42.8 Å². The first-order valence-corrected chi connectivity index (χ1v) is 14.1. The van der Waals surface area contributed by atoms with Crippen LogP contribution in [0.25, 0.3) is 32.7 Å². The lowest BCUT2D eigenvalue weighted by Crippen LogP contribution is -2.25. The maximum atomic E-state index is 12.8. The van der Waals surface area contributed by atoms with Gasteiger partial charge in [0, 0.05) is 58.6 Å². The third kappa shape index (κ3) is 5.21. The number of carbonyl (C=O) groups excluding carboxylic acids is 1. The zero-order valence-corrected chi connectivity index (χ0v) is 21.6. The first-order valence-electron chi connectivity index (χ1n) is 12.6. The molecule has 0 aliphatic rings. The number of hydrogen-bond donors (Lipinski definition) is 2. The van der Waals surface area contributed by atoms with E-state index in [0.29, 0.717) is 31.3 Å². The van der Waals surface area contributed by atoms with E-state index in [2.05, 4.69) is 44.7 Å². The third-order valence-electron chi connectivity index (χ3n) is 6.63. The molecule has 7 nitrogen and oxygen atoms in total. The molecule has 0 unspecified atom stereocenters. The van der Waals surface area contributed by atoms with E-state index in [4.69, 9.17) is 0 Å². The number of anilines is 1. The molecule has 0 atom stereocenters. The van der Waals surface area contributed by atoms with Crippen molar-refractivity contribution in [2.24, 2.45) is 0 Å². The number of amides is 1. The molecular weight excluding hydrogens is 484 g/mol. The Bertz CT molecular complexity index is 1690. The number of carbonyl (C=O) groups is 1. The number of para-hydroxylation sites is 2. The maximum absolute atomic E-state index is 12.8. The number of nitrogens with zero attached hydrogens (tertiary/aromatic N) is 2. The topological polar surface area (TPSA) is 93.1 Å². The highest BCUT2D eigenvalue weighted by atomic mass is 32.2. The van der Waals surface area contributed by atoms with E-state index in [0.717, 1.165) is 34.9 Å². The minimum Gasteiger partial charge on any atom is -0.341 e. The van der Waals surface area contributed by atoms with Crippen molar-refractivity contribution in [1.29, 1.82) is 0 Å². The van der Waals surface area contributed by atoms with Gasteiger partial charge in [0.25, 0.3) is 0 Å². The predicted octanol–water partition coefficient (Wildman–Crippen LogP) is 5.84. The summed E-state index contributed by atoms with van der Waals surface area (Å²) < 4.78 is 30.5. The van der Waals surface area contributed by atoms with Crippen molar-refractivity contribution >= 4 is 54.3 Å². The van der Waals surface area contributed by atoms with Gasteiger partial charge in [0.05, 0.1) is 5.52 Å².